The summed E-state index contributed by atoms with van der Waals surface area (Å²) < 4.78 is 0. The van der Waals surface area contributed by atoms with Gasteiger partial charge in [0.2, 0.25) is 0 Å². The number of anilines is 1. The number of benzene rings is 1. The first-order valence-electron chi connectivity index (χ1n) is 6.48. The van der Waals surface area contributed by atoms with Crippen molar-refractivity contribution in [3.63, 3.8) is 0 Å². The van der Waals surface area contributed by atoms with Crippen molar-refractivity contribution in [2.75, 3.05) is 31.2 Å². The molecule has 0 radical (unpaired) electrons. The van der Waals surface area contributed by atoms with Crippen LogP contribution in [0.2, 0.25) is 0 Å². The predicted octanol–water partition coefficient (Wildman–Crippen LogP) is 2.91. The summed E-state index contributed by atoms with van der Waals surface area (Å²) in [4.78, 5) is 3.94. The van der Waals surface area contributed by atoms with Crippen LogP contribution in [-0.4, -0.2) is 36.8 Å². The van der Waals surface area contributed by atoms with E-state index < -0.39 is 0 Å². The van der Waals surface area contributed by atoms with Gasteiger partial charge in [-0.2, -0.15) is 0 Å². The molecule has 0 aliphatic carbocycles. The molecule has 0 aromatic heterocycles. The number of nitrogens with zero attached hydrogens (tertiary/aromatic N) is 1. The summed E-state index contributed by atoms with van der Waals surface area (Å²) in [6.07, 6.45) is 4.81. The fourth-order valence-corrected chi connectivity index (χ4v) is 3.53. The minimum absolute atomic E-state index is 0.686. The van der Waals surface area contributed by atoms with Crippen LogP contribution in [0.25, 0.3) is 0 Å². The lowest BCUT2D eigenvalue weighted by molar-refractivity contribution is 0.255. The normalized spacial score (nSPS) is 31.5. The number of fused-ring (bicyclic) bond motifs is 2. The van der Waals surface area contributed by atoms with Crippen molar-refractivity contribution in [1.29, 1.82) is 0 Å². The molecule has 3 rings (SSSR count). The zero-order valence-corrected chi connectivity index (χ0v) is 11.2. The van der Waals surface area contributed by atoms with E-state index in [9.17, 15) is 0 Å². The van der Waals surface area contributed by atoms with E-state index in [1.54, 1.807) is 0 Å². The van der Waals surface area contributed by atoms with Gasteiger partial charge in [-0.15, -0.1) is 11.8 Å². The third kappa shape index (κ3) is 2.45. The molecular formula is C14H20N2S. The molecule has 0 spiro atoms. The monoisotopic (exact) mass is 248 g/mol. The third-order valence-electron chi connectivity index (χ3n) is 4.06. The Hall–Kier alpha value is -0.670. The largest absolute Gasteiger partial charge is 0.382 e. The summed E-state index contributed by atoms with van der Waals surface area (Å²) in [5.74, 6) is 0.863. The van der Waals surface area contributed by atoms with Crippen molar-refractivity contribution in [3.8, 4) is 0 Å². The summed E-state index contributed by atoms with van der Waals surface area (Å²) in [6, 6.07) is 9.48. The van der Waals surface area contributed by atoms with Gasteiger partial charge in [0.1, 0.15) is 0 Å². The van der Waals surface area contributed by atoms with E-state index in [2.05, 4.69) is 40.7 Å². The molecule has 2 aliphatic heterocycles. The fourth-order valence-electron chi connectivity index (χ4n) is 3.07. The molecule has 2 aliphatic rings. The van der Waals surface area contributed by atoms with Crippen LogP contribution >= 0.6 is 11.8 Å². The van der Waals surface area contributed by atoms with Crippen molar-refractivity contribution in [3.05, 3.63) is 24.3 Å². The highest BCUT2D eigenvalue weighted by Gasteiger charge is 2.33. The average molecular weight is 248 g/mol. The van der Waals surface area contributed by atoms with E-state index >= 15 is 0 Å². The van der Waals surface area contributed by atoms with E-state index in [4.69, 9.17) is 0 Å². The highest BCUT2D eigenvalue weighted by atomic mass is 32.2. The van der Waals surface area contributed by atoms with E-state index in [0.717, 1.165) is 5.92 Å². The Morgan fingerprint density at radius 3 is 3.06 bits per heavy atom. The summed E-state index contributed by atoms with van der Waals surface area (Å²) in [5, 5.41) is 3.74. The number of nitrogens with one attached hydrogen (secondary N) is 1. The third-order valence-corrected chi connectivity index (χ3v) is 4.78. The van der Waals surface area contributed by atoms with Crippen LogP contribution in [0.15, 0.2) is 29.2 Å². The van der Waals surface area contributed by atoms with Gasteiger partial charge in [0.05, 0.1) is 0 Å². The van der Waals surface area contributed by atoms with E-state index in [0.29, 0.717) is 6.04 Å². The van der Waals surface area contributed by atoms with Crippen molar-refractivity contribution in [2.24, 2.45) is 5.92 Å². The number of rotatable bonds is 3. The number of hydrogen-bond acceptors (Lipinski definition) is 3. The lowest BCUT2D eigenvalue weighted by atomic mass is 9.94. The van der Waals surface area contributed by atoms with Crippen LogP contribution < -0.4 is 5.32 Å². The second kappa shape index (κ2) is 4.91. The maximum atomic E-state index is 3.74. The molecule has 92 valence electrons. The Morgan fingerprint density at radius 1 is 1.29 bits per heavy atom. The van der Waals surface area contributed by atoms with Gasteiger partial charge in [0.15, 0.2) is 0 Å². The van der Waals surface area contributed by atoms with Crippen molar-refractivity contribution < 1.29 is 0 Å². The molecule has 3 unspecified atom stereocenters. The van der Waals surface area contributed by atoms with E-state index in [1.807, 2.05) is 11.8 Å². The molecule has 1 aromatic rings. The molecule has 1 aromatic carbocycles. The smallest absolute Gasteiger partial charge is 0.0353 e. The van der Waals surface area contributed by atoms with Crippen molar-refractivity contribution in [1.82, 2.24) is 4.90 Å². The Labute approximate surface area is 108 Å². The number of thioether (sulfide) groups is 1. The molecule has 2 heterocycles. The topological polar surface area (TPSA) is 15.3 Å². The van der Waals surface area contributed by atoms with Crippen LogP contribution in [0.4, 0.5) is 5.69 Å². The molecule has 2 nitrogen and oxygen atoms in total. The SMILES string of the molecule is CSc1cccc(NC2CCN3CCC2C3)c1. The lowest BCUT2D eigenvalue weighted by Gasteiger charge is -2.31. The van der Waals surface area contributed by atoms with Gasteiger partial charge >= 0.3 is 0 Å². The molecule has 2 saturated heterocycles. The molecule has 17 heavy (non-hydrogen) atoms. The summed E-state index contributed by atoms with van der Waals surface area (Å²) in [6.45, 7) is 3.89. The Bertz CT molecular complexity index is 394. The van der Waals surface area contributed by atoms with Gasteiger partial charge in [-0.25, -0.2) is 0 Å². The molecule has 3 heteroatoms. The standard InChI is InChI=1S/C14H20N2S/c1-17-13-4-2-3-12(9-13)15-14-6-8-16-7-5-11(14)10-16/h2-4,9,11,14-15H,5-8,10H2,1H3. The second-order valence-electron chi connectivity index (χ2n) is 5.12. The zero-order chi connectivity index (χ0) is 11.7. The van der Waals surface area contributed by atoms with Gasteiger partial charge in [-0.1, -0.05) is 6.07 Å². The van der Waals surface area contributed by atoms with Gasteiger partial charge in [0.25, 0.3) is 0 Å². The Kier molecular flexibility index (Phi) is 3.30. The molecule has 2 bridgehead atoms. The second-order valence-corrected chi connectivity index (χ2v) is 6.00. The minimum Gasteiger partial charge on any atom is -0.382 e. The van der Waals surface area contributed by atoms with Crippen molar-refractivity contribution >= 4 is 17.4 Å². The summed E-state index contributed by atoms with van der Waals surface area (Å²) >= 11 is 1.81. The molecule has 0 saturated carbocycles. The van der Waals surface area contributed by atoms with Gasteiger partial charge in [-0.3, -0.25) is 0 Å². The van der Waals surface area contributed by atoms with Crippen LogP contribution in [0.3, 0.4) is 0 Å². The maximum absolute atomic E-state index is 3.74. The lowest BCUT2D eigenvalue weighted by Crippen LogP contribution is -2.39. The van der Waals surface area contributed by atoms with Gasteiger partial charge in [-0.05, 0) is 49.8 Å². The highest BCUT2D eigenvalue weighted by Crippen LogP contribution is 2.30. The van der Waals surface area contributed by atoms with Crippen LogP contribution in [0.1, 0.15) is 12.8 Å². The average Bonchev–Trinajstić information content (AvgIpc) is 2.76. The highest BCUT2D eigenvalue weighted by molar-refractivity contribution is 7.98. The quantitative estimate of drug-likeness (QED) is 0.828. The molecular weight excluding hydrogens is 228 g/mol. The van der Waals surface area contributed by atoms with Crippen LogP contribution in [0.5, 0.6) is 0 Å². The van der Waals surface area contributed by atoms with E-state index in [-0.39, 0.29) is 0 Å². The minimum atomic E-state index is 0.686. The Morgan fingerprint density at radius 2 is 2.18 bits per heavy atom. The predicted molar refractivity (Wildman–Crippen MR) is 74.8 cm³/mol. The summed E-state index contributed by atoms with van der Waals surface area (Å²) in [5.41, 5.74) is 1.29. The fraction of sp³-hybridized carbons (Fsp3) is 0.571. The first kappa shape index (κ1) is 11.4. The maximum Gasteiger partial charge on any atom is 0.0353 e. The van der Waals surface area contributed by atoms with Gasteiger partial charge in [0, 0.05) is 29.7 Å². The number of piperidine rings is 1. The van der Waals surface area contributed by atoms with Gasteiger partial charge < -0.3 is 10.2 Å². The van der Waals surface area contributed by atoms with E-state index in [1.165, 1.54) is 43.1 Å². The first-order valence-corrected chi connectivity index (χ1v) is 7.70. The molecule has 0 amide bonds. The molecule has 3 atom stereocenters. The molecule has 1 N–H and O–H groups in total. The zero-order valence-electron chi connectivity index (χ0n) is 10.4. The summed E-state index contributed by atoms with van der Waals surface area (Å²) in [7, 11) is 0. The van der Waals surface area contributed by atoms with Crippen molar-refractivity contribution in [2.45, 2.75) is 23.8 Å². The first-order chi connectivity index (χ1) is 8.35. The molecule has 2 fully saturated rings. The number of hydrogen-bond donors (Lipinski definition) is 1. The Balaban J connectivity index is 1.69. The van der Waals surface area contributed by atoms with Crippen LogP contribution in [0, 0.1) is 5.92 Å². The van der Waals surface area contributed by atoms with Crippen LogP contribution in [-0.2, 0) is 0 Å².